The van der Waals surface area contributed by atoms with Crippen LogP contribution < -0.4 is 5.32 Å². The third-order valence-electron chi connectivity index (χ3n) is 2.93. The molecule has 5 nitrogen and oxygen atoms in total. The maximum atomic E-state index is 12.4. The summed E-state index contributed by atoms with van der Waals surface area (Å²) in [6.07, 6.45) is 0. The number of hydrogen-bond acceptors (Lipinski definition) is 4. The van der Waals surface area contributed by atoms with E-state index in [1.165, 1.54) is 6.07 Å². The molecule has 23 heavy (non-hydrogen) atoms. The van der Waals surface area contributed by atoms with Crippen molar-refractivity contribution in [2.75, 3.05) is 5.32 Å². The molecule has 0 aliphatic rings. The standard InChI is InChI=1S/C15H10F2N2O3S/c16-15(17)23(21,22)13-6-4-11(5-7-13)14(20)19-12-3-1-2-10(8-12)9-18/h1-8,15H,(H,19,20). The van der Waals surface area contributed by atoms with Gasteiger partial charge >= 0.3 is 5.76 Å². The van der Waals surface area contributed by atoms with Gasteiger partial charge in [0.1, 0.15) is 0 Å². The molecule has 2 aromatic carbocycles. The van der Waals surface area contributed by atoms with Crippen LogP contribution in [0.3, 0.4) is 0 Å². The van der Waals surface area contributed by atoms with Crippen LogP contribution in [0.25, 0.3) is 0 Å². The third-order valence-corrected chi connectivity index (χ3v) is 4.33. The number of nitrogens with zero attached hydrogens (tertiary/aromatic N) is 1. The van der Waals surface area contributed by atoms with E-state index in [2.05, 4.69) is 5.32 Å². The minimum absolute atomic E-state index is 0.0978. The van der Waals surface area contributed by atoms with Gasteiger partial charge in [-0.25, -0.2) is 8.42 Å². The topological polar surface area (TPSA) is 87.0 Å². The van der Waals surface area contributed by atoms with Crippen LogP contribution in [0.1, 0.15) is 15.9 Å². The Bertz CT molecular complexity index is 872. The Balaban J connectivity index is 2.19. The minimum atomic E-state index is -4.69. The molecule has 0 unspecified atom stereocenters. The summed E-state index contributed by atoms with van der Waals surface area (Å²) in [5.41, 5.74) is 0.847. The highest BCUT2D eigenvalue weighted by atomic mass is 32.2. The summed E-state index contributed by atoms with van der Waals surface area (Å²) in [7, 11) is -4.69. The quantitative estimate of drug-likeness (QED) is 0.930. The van der Waals surface area contributed by atoms with E-state index in [4.69, 9.17) is 5.26 Å². The van der Waals surface area contributed by atoms with Crippen molar-refractivity contribution in [2.45, 2.75) is 10.7 Å². The van der Waals surface area contributed by atoms with E-state index in [0.717, 1.165) is 24.3 Å². The molecule has 0 aliphatic carbocycles. The first-order valence-corrected chi connectivity index (χ1v) is 7.83. The molecule has 0 radical (unpaired) electrons. The molecule has 1 amide bonds. The van der Waals surface area contributed by atoms with E-state index < -0.39 is 26.4 Å². The second kappa shape index (κ2) is 6.54. The van der Waals surface area contributed by atoms with Crippen molar-refractivity contribution >= 4 is 21.4 Å². The maximum absolute atomic E-state index is 12.4. The SMILES string of the molecule is N#Cc1cccc(NC(=O)c2ccc(S(=O)(=O)C(F)F)cc2)c1. The third kappa shape index (κ3) is 3.70. The molecule has 2 aromatic rings. The second-order valence-electron chi connectivity index (χ2n) is 4.48. The average Bonchev–Trinajstić information content (AvgIpc) is 2.55. The Morgan fingerprint density at radius 3 is 2.35 bits per heavy atom. The fourth-order valence-corrected chi connectivity index (χ4v) is 2.49. The van der Waals surface area contributed by atoms with Crippen LogP contribution >= 0.6 is 0 Å². The van der Waals surface area contributed by atoms with Crippen molar-refractivity contribution in [3.05, 3.63) is 59.7 Å². The number of amides is 1. The lowest BCUT2D eigenvalue weighted by molar-refractivity contribution is 0.102. The molecule has 8 heteroatoms. The first kappa shape index (κ1) is 16.6. The maximum Gasteiger partial charge on any atom is 0.341 e. The Labute approximate surface area is 131 Å². The van der Waals surface area contributed by atoms with Crippen LogP contribution in [0.5, 0.6) is 0 Å². The van der Waals surface area contributed by atoms with Gasteiger partial charge in [0.25, 0.3) is 5.91 Å². The van der Waals surface area contributed by atoms with Crippen molar-refractivity contribution in [3.63, 3.8) is 0 Å². The molecule has 0 spiro atoms. The van der Waals surface area contributed by atoms with Gasteiger partial charge in [0.05, 0.1) is 16.5 Å². The summed E-state index contributed by atoms with van der Waals surface area (Å²) >= 11 is 0. The van der Waals surface area contributed by atoms with Gasteiger partial charge in [-0.3, -0.25) is 4.79 Å². The molecule has 0 aromatic heterocycles. The molecule has 0 aliphatic heterocycles. The summed E-state index contributed by atoms with van der Waals surface area (Å²) in [6, 6.07) is 12.3. The zero-order valence-corrected chi connectivity index (χ0v) is 12.3. The van der Waals surface area contributed by atoms with Crippen molar-refractivity contribution < 1.29 is 22.0 Å². The molecule has 0 fully saturated rings. The number of carbonyl (C=O) groups excluding carboxylic acids is 1. The molecule has 118 valence electrons. The number of nitriles is 1. The first-order chi connectivity index (χ1) is 10.8. The molecule has 0 saturated heterocycles. The molecule has 0 bridgehead atoms. The fourth-order valence-electron chi connectivity index (χ4n) is 1.77. The van der Waals surface area contributed by atoms with Gasteiger partial charge in [0, 0.05) is 11.3 Å². The zero-order valence-electron chi connectivity index (χ0n) is 11.5. The van der Waals surface area contributed by atoms with Crippen LogP contribution in [-0.4, -0.2) is 20.1 Å². The van der Waals surface area contributed by atoms with Crippen LogP contribution in [0.2, 0.25) is 0 Å². The van der Waals surface area contributed by atoms with Crippen LogP contribution in [0.4, 0.5) is 14.5 Å². The predicted octanol–water partition coefficient (Wildman–Crippen LogP) is 2.81. The highest BCUT2D eigenvalue weighted by molar-refractivity contribution is 7.91. The summed E-state index contributed by atoms with van der Waals surface area (Å²) in [4.78, 5) is 11.5. The Hall–Kier alpha value is -2.79. The number of hydrogen-bond donors (Lipinski definition) is 1. The number of benzene rings is 2. The average molecular weight is 336 g/mol. The molecule has 0 atom stereocenters. The number of carbonyl (C=O) groups is 1. The minimum Gasteiger partial charge on any atom is -0.322 e. The monoisotopic (exact) mass is 336 g/mol. The van der Waals surface area contributed by atoms with E-state index in [-0.39, 0.29) is 5.56 Å². The normalized spacial score (nSPS) is 11.0. The number of anilines is 1. The van der Waals surface area contributed by atoms with Gasteiger partial charge in [-0.1, -0.05) is 6.07 Å². The Morgan fingerprint density at radius 2 is 1.78 bits per heavy atom. The van der Waals surface area contributed by atoms with Gasteiger partial charge in [-0.15, -0.1) is 0 Å². The first-order valence-electron chi connectivity index (χ1n) is 6.28. The number of alkyl halides is 2. The number of halogens is 2. The van der Waals surface area contributed by atoms with Crippen LogP contribution in [0.15, 0.2) is 53.4 Å². The molecule has 2 rings (SSSR count). The van der Waals surface area contributed by atoms with E-state index in [0.29, 0.717) is 11.3 Å². The van der Waals surface area contributed by atoms with Gasteiger partial charge in [-0.05, 0) is 42.5 Å². The van der Waals surface area contributed by atoms with Crippen LogP contribution in [0, 0.1) is 11.3 Å². The molecule has 0 heterocycles. The highest BCUT2D eigenvalue weighted by Gasteiger charge is 2.26. The van der Waals surface area contributed by atoms with E-state index >= 15 is 0 Å². The lowest BCUT2D eigenvalue weighted by Gasteiger charge is -2.07. The van der Waals surface area contributed by atoms with Crippen molar-refractivity contribution in [3.8, 4) is 6.07 Å². The predicted molar refractivity (Wildman–Crippen MR) is 78.7 cm³/mol. The summed E-state index contributed by atoms with van der Waals surface area (Å²) in [5.74, 6) is -4.07. The summed E-state index contributed by atoms with van der Waals surface area (Å²) < 4.78 is 47.4. The molecule has 1 N–H and O–H groups in total. The summed E-state index contributed by atoms with van der Waals surface area (Å²) in [5, 5.41) is 11.3. The smallest absolute Gasteiger partial charge is 0.322 e. The fraction of sp³-hybridized carbons (Fsp3) is 0.0667. The Morgan fingerprint density at radius 1 is 1.13 bits per heavy atom. The number of rotatable bonds is 4. The van der Waals surface area contributed by atoms with Crippen molar-refractivity contribution in [2.24, 2.45) is 0 Å². The van der Waals surface area contributed by atoms with E-state index in [1.54, 1.807) is 18.2 Å². The lowest BCUT2D eigenvalue weighted by atomic mass is 10.2. The van der Waals surface area contributed by atoms with Crippen molar-refractivity contribution in [1.29, 1.82) is 5.26 Å². The van der Waals surface area contributed by atoms with Crippen molar-refractivity contribution in [1.82, 2.24) is 0 Å². The highest BCUT2D eigenvalue weighted by Crippen LogP contribution is 2.19. The lowest BCUT2D eigenvalue weighted by Crippen LogP contribution is -2.14. The van der Waals surface area contributed by atoms with Gasteiger partial charge < -0.3 is 5.32 Å². The van der Waals surface area contributed by atoms with E-state index in [9.17, 15) is 22.0 Å². The zero-order chi connectivity index (χ0) is 17.0. The molecular weight excluding hydrogens is 326 g/mol. The molecule has 0 saturated carbocycles. The summed E-state index contributed by atoms with van der Waals surface area (Å²) in [6.45, 7) is 0. The molecular formula is C15H10F2N2O3S. The van der Waals surface area contributed by atoms with Gasteiger partial charge in [0.15, 0.2) is 0 Å². The van der Waals surface area contributed by atoms with Crippen LogP contribution in [-0.2, 0) is 9.84 Å². The van der Waals surface area contributed by atoms with Gasteiger partial charge in [0.2, 0.25) is 9.84 Å². The van der Waals surface area contributed by atoms with E-state index in [1.807, 2.05) is 6.07 Å². The second-order valence-corrected chi connectivity index (χ2v) is 6.39. The Kier molecular flexibility index (Phi) is 4.71. The van der Waals surface area contributed by atoms with Gasteiger partial charge in [-0.2, -0.15) is 14.0 Å². The number of sulfone groups is 1. The largest absolute Gasteiger partial charge is 0.341 e. The number of nitrogens with one attached hydrogen (secondary N) is 1.